The number of rotatable bonds is 14. The minimum Gasteiger partial charge on any atom is -0.452 e. The van der Waals surface area contributed by atoms with Crippen LogP contribution in [0.2, 0.25) is 0 Å². The molecule has 2 rings (SSSR count). The molecule has 3 amide bonds. The highest BCUT2D eigenvalue weighted by molar-refractivity contribution is 5.79. The number of esters is 1. The lowest BCUT2D eigenvalue weighted by molar-refractivity contribution is -0.142. The van der Waals surface area contributed by atoms with Crippen LogP contribution in [0.1, 0.15) is 48.9 Å². The fourth-order valence-corrected chi connectivity index (χ4v) is 3.36. The zero-order valence-electron chi connectivity index (χ0n) is 26.9. The molecule has 2 atom stereocenters. The van der Waals surface area contributed by atoms with Crippen LogP contribution in [0.5, 0.6) is 0 Å². The monoisotopic (exact) mass is 656 g/mol. The highest BCUT2D eigenvalue weighted by Crippen LogP contribution is 2.14. The summed E-state index contributed by atoms with van der Waals surface area (Å²) in [5.41, 5.74) is 18.7. The van der Waals surface area contributed by atoms with E-state index in [1.54, 1.807) is 0 Å². The molecule has 2 aromatic rings. The molecule has 0 aliphatic rings. The summed E-state index contributed by atoms with van der Waals surface area (Å²) in [6.07, 6.45) is 10.7. The second-order valence-electron chi connectivity index (χ2n) is 9.47. The first-order valence-corrected chi connectivity index (χ1v) is 14.9. The summed E-state index contributed by atoms with van der Waals surface area (Å²) in [4.78, 5) is 45.0. The molecule has 0 heterocycles. The van der Waals surface area contributed by atoms with Gasteiger partial charge in [0.2, 0.25) is 17.7 Å². The van der Waals surface area contributed by atoms with Gasteiger partial charge in [0.1, 0.15) is 6.61 Å². The Morgan fingerprint density at radius 3 is 1.81 bits per heavy atom. The van der Waals surface area contributed by atoms with Gasteiger partial charge in [-0.15, -0.1) is 12.8 Å². The Morgan fingerprint density at radius 2 is 1.27 bits per heavy atom. The van der Waals surface area contributed by atoms with Crippen LogP contribution in [-0.2, 0) is 23.9 Å². The standard InChI is InChI=1S/C18H21N3O3.C12H13NO2.C6H10N2O/c19-16(15-8-4-3-5-9-15)14-18(24)21-12-10-17(23)20-11-6-1-2-7-13-22;1-2-8-15-12(14)9-11(13)10-6-4-3-5-7-10;1-2-5-8-6(9)3-4-7/h3-5,8-9,16,22H,10-14,19H2,(H,20,23)(H,21,24);1,3-7,11H,8-9,13H2;1H,3-5,7H2,(H,8,9). The topological polar surface area (TPSA) is 212 Å². The quantitative estimate of drug-likeness (QED) is 0.108. The van der Waals surface area contributed by atoms with Crippen LogP contribution in [0.3, 0.4) is 0 Å². The van der Waals surface area contributed by atoms with E-state index in [0.717, 1.165) is 11.1 Å². The lowest BCUT2D eigenvalue weighted by Gasteiger charge is -2.12. The van der Waals surface area contributed by atoms with E-state index in [-0.39, 0.29) is 81.3 Å². The van der Waals surface area contributed by atoms with Crippen LogP contribution >= 0.6 is 0 Å². The molecule has 0 saturated carbocycles. The molecule has 10 N–H and O–H groups in total. The van der Waals surface area contributed by atoms with E-state index in [0.29, 0.717) is 19.5 Å². The third-order valence-electron chi connectivity index (χ3n) is 5.69. The zero-order valence-corrected chi connectivity index (χ0v) is 26.9. The number of nitrogens with two attached hydrogens (primary N) is 3. The van der Waals surface area contributed by atoms with Crippen molar-refractivity contribution in [3.63, 3.8) is 0 Å². The van der Waals surface area contributed by atoms with Crippen LogP contribution in [0.25, 0.3) is 0 Å². The molecule has 2 unspecified atom stereocenters. The van der Waals surface area contributed by atoms with Gasteiger partial charge in [-0.1, -0.05) is 84.3 Å². The molecular weight excluding hydrogens is 612 g/mol. The Balaban J connectivity index is 0.000000780. The first-order valence-electron chi connectivity index (χ1n) is 14.9. The van der Waals surface area contributed by atoms with Crippen molar-refractivity contribution >= 4 is 23.7 Å². The minimum absolute atomic E-state index is 0.000340. The van der Waals surface area contributed by atoms with Crippen molar-refractivity contribution in [1.82, 2.24) is 16.0 Å². The van der Waals surface area contributed by atoms with Gasteiger partial charge in [-0.05, 0) is 23.0 Å². The van der Waals surface area contributed by atoms with Gasteiger partial charge in [-0.2, -0.15) is 0 Å². The summed E-state index contributed by atoms with van der Waals surface area (Å²) in [7, 11) is 0. The van der Waals surface area contributed by atoms with Gasteiger partial charge in [0.05, 0.1) is 19.5 Å². The number of ether oxygens (including phenoxy) is 1. The molecule has 0 aliphatic carbocycles. The number of benzene rings is 2. The second kappa shape index (κ2) is 28.8. The summed E-state index contributed by atoms with van der Waals surface area (Å²) in [5, 5.41) is 16.1. The number of nitrogens with one attached hydrogen (secondary N) is 3. The third kappa shape index (κ3) is 23.7. The molecule has 0 radical (unpaired) electrons. The molecule has 0 aliphatic heterocycles. The molecule has 0 spiro atoms. The smallest absolute Gasteiger partial charge is 0.308 e. The molecule has 48 heavy (non-hydrogen) atoms. The highest BCUT2D eigenvalue weighted by atomic mass is 16.5. The Bertz CT molecular complexity index is 1450. The number of carbonyl (C=O) groups is 4. The maximum Gasteiger partial charge on any atom is 0.308 e. The molecule has 12 nitrogen and oxygen atoms in total. The minimum atomic E-state index is -0.371. The van der Waals surface area contributed by atoms with Crippen LogP contribution in [0.15, 0.2) is 60.7 Å². The number of aliphatic hydroxyl groups excluding tert-OH is 1. The van der Waals surface area contributed by atoms with Crippen molar-refractivity contribution in [3.8, 4) is 48.4 Å². The number of hydrogen-bond acceptors (Lipinski definition) is 9. The van der Waals surface area contributed by atoms with Gasteiger partial charge in [-0.25, -0.2) is 0 Å². The first-order chi connectivity index (χ1) is 23.2. The van der Waals surface area contributed by atoms with Gasteiger partial charge >= 0.3 is 5.97 Å². The van der Waals surface area contributed by atoms with Crippen molar-refractivity contribution in [1.29, 1.82) is 0 Å². The van der Waals surface area contributed by atoms with Gasteiger partial charge < -0.3 is 43.0 Å². The maximum absolute atomic E-state index is 11.8. The van der Waals surface area contributed by atoms with Gasteiger partial charge in [0, 0.05) is 44.4 Å². The Morgan fingerprint density at radius 1 is 0.729 bits per heavy atom. The summed E-state index contributed by atoms with van der Waals surface area (Å²) in [5.74, 6) is 13.5. The first kappa shape index (κ1) is 42.4. The lowest BCUT2D eigenvalue weighted by atomic mass is 10.0. The van der Waals surface area contributed by atoms with Gasteiger partial charge in [0.25, 0.3) is 0 Å². The lowest BCUT2D eigenvalue weighted by Crippen LogP contribution is -2.32. The molecule has 0 aromatic heterocycles. The van der Waals surface area contributed by atoms with Crippen molar-refractivity contribution in [2.45, 2.75) is 37.8 Å². The van der Waals surface area contributed by atoms with Crippen LogP contribution in [0.4, 0.5) is 0 Å². The average molecular weight is 657 g/mol. The molecule has 0 saturated heterocycles. The van der Waals surface area contributed by atoms with Gasteiger partial charge in [0.15, 0.2) is 6.61 Å². The highest BCUT2D eigenvalue weighted by Gasteiger charge is 2.12. The average Bonchev–Trinajstić information content (AvgIpc) is 3.09. The molecule has 2 aromatic carbocycles. The number of carbonyl (C=O) groups excluding carboxylic acids is 4. The molecule has 0 bridgehead atoms. The fraction of sp³-hybridized carbons (Fsp3) is 0.333. The van der Waals surface area contributed by atoms with E-state index in [9.17, 15) is 19.2 Å². The normalized spacial score (nSPS) is 10.3. The summed E-state index contributed by atoms with van der Waals surface area (Å²) < 4.78 is 4.73. The molecule has 0 fully saturated rings. The van der Waals surface area contributed by atoms with Crippen LogP contribution in [-0.4, -0.2) is 68.2 Å². The summed E-state index contributed by atoms with van der Waals surface area (Å²) in [6.45, 7) is 0.833. The van der Waals surface area contributed by atoms with Crippen molar-refractivity contribution in [2.75, 3.05) is 39.4 Å². The number of amides is 3. The number of hydrogen-bond donors (Lipinski definition) is 7. The SMILES string of the molecule is C#CCNC(=O)CCN.C#CCOC(=O)CC(N)c1ccccc1.NC(CC(=O)NCCC(=O)NCC#CC#CCO)c1ccccc1. The number of terminal acetylenes is 2. The zero-order chi connectivity index (χ0) is 35.8. The Labute approximate surface area is 282 Å². The largest absolute Gasteiger partial charge is 0.452 e. The molecule has 12 heteroatoms. The molecular formula is C36H44N6O6. The van der Waals surface area contributed by atoms with Crippen LogP contribution in [0, 0.1) is 48.4 Å². The molecule has 254 valence electrons. The van der Waals surface area contributed by atoms with Gasteiger partial charge in [-0.3, -0.25) is 19.2 Å². The van der Waals surface area contributed by atoms with E-state index < -0.39 is 0 Å². The Hall–Kier alpha value is -5.60. The predicted molar refractivity (Wildman–Crippen MR) is 185 cm³/mol. The van der Waals surface area contributed by atoms with E-state index in [1.807, 2.05) is 60.7 Å². The number of aliphatic hydroxyl groups is 1. The third-order valence-corrected chi connectivity index (χ3v) is 5.69. The van der Waals surface area contributed by atoms with Crippen molar-refractivity contribution in [3.05, 3.63) is 71.8 Å². The van der Waals surface area contributed by atoms with E-state index in [2.05, 4.69) is 51.5 Å². The second-order valence-corrected chi connectivity index (χ2v) is 9.47. The predicted octanol–water partition coefficient (Wildman–Crippen LogP) is 0.0356. The van der Waals surface area contributed by atoms with E-state index in [1.165, 1.54) is 0 Å². The van der Waals surface area contributed by atoms with E-state index in [4.69, 9.17) is 39.9 Å². The van der Waals surface area contributed by atoms with Crippen molar-refractivity contribution < 1.29 is 29.0 Å². The fourth-order valence-electron chi connectivity index (χ4n) is 3.36. The van der Waals surface area contributed by atoms with Crippen molar-refractivity contribution in [2.24, 2.45) is 17.2 Å². The Kier molecular flexibility index (Phi) is 25.5. The van der Waals surface area contributed by atoms with E-state index >= 15 is 0 Å². The maximum atomic E-state index is 11.8. The summed E-state index contributed by atoms with van der Waals surface area (Å²) in [6, 6.07) is 18.1. The van der Waals surface area contributed by atoms with Crippen LogP contribution < -0.4 is 33.2 Å². The summed E-state index contributed by atoms with van der Waals surface area (Å²) >= 11 is 0.